The molecule has 5 nitrogen and oxygen atoms in total. The van der Waals surface area contributed by atoms with Crippen LogP contribution in [0.5, 0.6) is 0 Å². The van der Waals surface area contributed by atoms with Crippen LogP contribution in [0.1, 0.15) is 56.3 Å². The normalized spacial score (nSPS) is 23.2. The minimum atomic E-state index is 0.557. The van der Waals surface area contributed by atoms with Gasteiger partial charge in [0, 0.05) is 25.8 Å². The van der Waals surface area contributed by atoms with Crippen molar-refractivity contribution in [2.45, 2.75) is 50.1 Å². The highest BCUT2D eigenvalue weighted by atomic mass is 32.2. The first-order valence-corrected chi connectivity index (χ1v) is 13.1. The summed E-state index contributed by atoms with van der Waals surface area (Å²) in [6.45, 7) is 9.81. The molecule has 2 aromatic rings. The summed E-state index contributed by atoms with van der Waals surface area (Å²) in [6.07, 6.45) is 8.97. The van der Waals surface area contributed by atoms with Gasteiger partial charge in [-0.05, 0) is 37.3 Å². The zero-order valence-corrected chi connectivity index (χ0v) is 20.1. The molecule has 0 amide bonds. The van der Waals surface area contributed by atoms with Crippen molar-refractivity contribution in [1.82, 2.24) is 14.8 Å². The van der Waals surface area contributed by atoms with Gasteiger partial charge in [0.1, 0.15) is 5.82 Å². The third-order valence-electron chi connectivity index (χ3n) is 6.92. The van der Waals surface area contributed by atoms with Crippen LogP contribution in [0.4, 0.5) is 0 Å². The molecule has 0 spiro atoms. The predicted octanol–water partition coefficient (Wildman–Crippen LogP) is 1.84. The average molecular weight is 442 g/mol. The third kappa shape index (κ3) is 6.43. The molecule has 2 aliphatic heterocycles. The van der Waals surface area contributed by atoms with E-state index in [-0.39, 0.29) is 0 Å². The Labute approximate surface area is 191 Å². The third-order valence-corrected chi connectivity index (χ3v) is 7.94. The monoisotopic (exact) mass is 441 g/mol. The van der Waals surface area contributed by atoms with Crippen LogP contribution in [0.2, 0.25) is 0 Å². The van der Waals surface area contributed by atoms with Gasteiger partial charge in [0.25, 0.3) is 0 Å². The molecule has 3 heterocycles. The first-order valence-electron chi connectivity index (χ1n) is 12.1. The van der Waals surface area contributed by atoms with Gasteiger partial charge in [0.15, 0.2) is 5.16 Å². The Morgan fingerprint density at radius 3 is 2.52 bits per heavy atom. The molecule has 2 aliphatic rings. The first kappa shape index (κ1) is 22.6. The van der Waals surface area contributed by atoms with Crippen LogP contribution in [0.15, 0.2) is 41.1 Å². The maximum atomic E-state index is 4.61. The Balaban J connectivity index is 1.23. The number of piperidine rings is 2. The molecule has 31 heavy (non-hydrogen) atoms. The second kappa shape index (κ2) is 11.3. The topological polar surface area (TPSA) is 39.6 Å². The second-order valence-electron chi connectivity index (χ2n) is 9.41. The largest absolute Gasteiger partial charge is 0.334 e. The number of rotatable bonds is 8. The highest BCUT2D eigenvalue weighted by molar-refractivity contribution is 7.99. The predicted molar refractivity (Wildman–Crippen MR) is 129 cm³/mol. The number of nitrogens with one attached hydrogen (secondary N) is 2. The van der Waals surface area contributed by atoms with E-state index >= 15 is 0 Å². The molecule has 6 heteroatoms. The molecule has 0 saturated carbocycles. The standard InChI is InChI=1S/C25H37N5S/c1-21(19-22-9-5-3-6-10-22)20-30-15-11-23(12-16-30)24-26-27-25(28(24)2)31-18-17-29-13-7-4-8-14-29/h3,5-6,9-10,19,23H,4,7-8,11-18,20H2,1-2H3/p+2. The summed E-state index contributed by atoms with van der Waals surface area (Å²) in [5.74, 6) is 2.90. The van der Waals surface area contributed by atoms with Gasteiger partial charge in [-0.1, -0.05) is 48.2 Å². The summed E-state index contributed by atoms with van der Waals surface area (Å²) in [7, 11) is 2.16. The van der Waals surface area contributed by atoms with E-state index in [9.17, 15) is 0 Å². The van der Waals surface area contributed by atoms with E-state index in [0.717, 1.165) is 17.5 Å². The second-order valence-corrected chi connectivity index (χ2v) is 10.5. The average Bonchev–Trinajstić information content (AvgIpc) is 3.16. The minimum absolute atomic E-state index is 0.557. The summed E-state index contributed by atoms with van der Waals surface area (Å²) in [5.41, 5.74) is 2.77. The number of nitrogens with zero attached hydrogens (tertiary/aromatic N) is 3. The number of likely N-dealkylation sites (tertiary alicyclic amines) is 2. The van der Waals surface area contributed by atoms with Crippen LogP contribution in [0, 0.1) is 0 Å². The van der Waals surface area contributed by atoms with Crippen molar-refractivity contribution >= 4 is 17.8 Å². The van der Waals surface area contributed by atoms with E-state index in [1.807, 2.05) is 11.8 Å². The minimum Gasteiger partial charge on any atom is -0.334 e. The van der Waals surface area contributed by atoms with Crippen LogP contribution in [-0.4, -0.2) is 59.8 Å². The SMILES string of the molecule is CC(=Cc1ccccc1)C[NH+]1CCC(c2nnc(SCC[NH+]3CCCCC3)n2C)CC1. The summed E-state index contributed by atoms with van der Waals surface area (Å²) in [4.78, 5) is 3.47. The fourth-order valence-corrected chi connectivity index (χ4v) is 6.10. The summed E-state index contributed by atoms with van der Waals surface area (Å²) in [6, 6.07) is 10.7. The Morgan fingerprint density at radius 2 is 1.77 bits per heavy atom. The lowest BCUT2D eigenvalue weighted by Crippen LogP contribution is -3.13. The van der Waals surface area contributed by atoms with Gasteiger partial charge in [0.2, 0.25) is 0 Å². The number of hydrogen-bond donors (Lipinski definition) is 2. The van der Waals surface area contributed by atoms with Crippen molar-refractivity contribution in [3.63, 3.8) is 0 Å². The van der Waals surface area contributed by atoms with Gasteiger partial charge in [-0.15, -0.1) is 10.2 Å². The van der Waals surface area contributed by atoms with Crippen LogP contribution in [0.25, 0.3) is 6.08 Å². The lowest BCUT2D eigenvalue weighted by Gasteiger charge is -2.29. The van der Waals surface area contributed by atoms with E-state index in [1.165, 1.54) is 81.8 Å². The van der Waals surface area contributed by atoms with E-state index in [1.54, 1.807) is 9.80 Å². The van der Waals surface area contributed by atoms with E-state index in [2.05, 4.69) is 65.1 Å². The van der Waals surface area contributed by atoms with Crippen molar-refractivity contribution < 1.29 is 9.80 Å². The molecule has 0 atom stereocenters. The van der Waals surface area contributed by atoms with E-state index in [0.29, 0.717) is 5.92 Å². The molecule has 2 N–H and O–H groups in total. The molecular formula is C25H39N5S+2. The molecule has 0 bridgehead atoms. The molecule has 0 radical (unpaired) electrons. The highest BCUT2D eigenvalue weighted by Crippen LogP contribution is 2.25. The van der Waals surface area contributed by atoms with Crippen molar-refractivity contribution in [3.05, 3.63) is 47.3 Å². The maximum absolute atomic E-state index is 4.61. The Kier molecular flexibility index (Phi) is 8.22. The number of benzene rings is 1. The van der Waals surface area contributed by atoms with Crippen LogP contribution in [-0.2, 0) is 7.05 Å². The summed E-state index contributed by atoms with van der Waals surface area (Å²) in [5, 5.41) is 10.2. The molecule has 2 saturated heterocycles. The fraction of sp³-hybridized carbons (Fsp3) is 0.600. The molecule has 4 rings (SSSR count). The Morgan fingerprint density at radius 1 is 1.03 bits per heavy atom. The first-order chi connectivity index (χ1) is 15.2. The van der Waals surface area contributed by atoms with Crippen molar-refractivity contribution in [2.24, 2.45) is 7.05 Å². The number of thioether (sulfide) groups is 1. The smallest absolute Gasteiger partial charge is 0.191 e. The maximum Gasteiger partial charge on any atom is 0.191 e. The van der Waals surface area contributed by atoms with Crippen molar-refractivity contribution in [2.75, 3.05) is 45.0 Å². The van der Waals surface area contributed by atoms with Gasteiger partial charge in [0.05, 0.1) is 45.0 Å². The molecule has 168 valence electrons. The van der Waals surface area contributed by atoms with Crippen molar-refractivity contribution in [3.8, 4) is 0 Å². The van der Waals surface area contributed by atoms with E-state index in [4.69, 9.17) is 0 Å². The van der Waals surface area contributed by atoms with Crippen LogP contribution >= 0.6 is 11.8 Å². The van der Waals surface area contributed by atoms with Gasteiger partial charge < -0.3 is 14.4 Å². The van der Waals surface area contributed by atoms with Gasteiger partial charge >= 0.3 is 0 Å². The van der Waals surface area contributed by atoms with Crippen LogP contribution < -0.4 is 9.80 Å². The van der Waals surface area contributed by atoms with E-state index < -0.39 is 0 Å². The van der Waals surface area contributed by atoms with Crippen LogP contribution in [0.3, 0.4) is 0 Å². The summed E-state index contributed by atoms with van der Waals surface area (Å²) >= 11 is 1.89. The molecular weight excluding hydrogens is 402 g/mol. The molecule has 0 aliphatic carbocycles. The quantitative estimate of drug-likeness (QED) is 0.614. The fourth-order valence-electron chi connectivity index (χ4n) is 5.14. The lowest BCUT2D eigenvalue weighted by atomic mass is 9.95. The molecule has 1 aromatic heterocycles. The van der Waals surface area contributed by atoms with Gasteiger partial charge in [-0.2, -0.15) is 0 Å². The van der Waals surface area contributed by atoms with Crippen molar-refractivity contribution in [1.29, 1.82) is 0 Å². The zero-order chi connectivity index (χ0) is 21.5. The van der Waals surface area contributed by atoms with Gasteiger partial charge in [-0.25, -0.2) is 0 Å². The number of hydrogen-bond acceptors (Lipinski definition) is 3. The molecule has 0 unspecified atom stereocenters. The zero-order valence-electron chi connectivity index (χ0n) is 19.3. The highest BCUT2D eigenvalue weighted by Gasteiger charge is 2.27. The number of aromatic nitrogens is 3. The summed E-state index contributed by atoms with van der Waals surface area (Å²) < 4.78 is 2.27. The molecule has 2 fully saturated rings. The lowest BCUT2D eigenvalue weighted by molar-refractivity contribution is -0.902. The van der Waals surface area contributed by atoms with Gasteiger partial charge in [-0.3, -0.25) is 0 Å². The Hall–Kier alpha value is -1.63. The number of quaternary nitrogens is 2. The Bertz CT molecular complexity index is 833. The molecule has 1 aromatic carbocycles.